The summed E-state index contributed by atoms with van der Waals surface area (Å²) < 4.78 is 3.34. The van der Waals surface area contributed by atoms with Gasteiger partial charge in [-0.1, -0.05) is 18.2 Å². The Bertz CT molecular complexity index is 1080. The number of aromatic nitrogens is 3. The number of hydrogen-bond donors (Lipinski definition) is 2. The van der Waals surface area contributed by atoms with Crippen LogP contribution in [-0.2, 0) is 19.5 Å². The van der Waals surface area contributed by atoms with Crippen molar-refractivity contribution in [2.45, 2.75) is 33.4 Å². The average molecular weight is 370 g/mol. The van der Waals surface area contributed by atoms with E-state index in [1.165, 1.54) is 21.7 Å². The number of nitrogens with zero attached hydrogens (tertiary/aromatic N) is 3. The highest BCUT2D eigenvalue weighted by molar-refractivity contribution is 7.71. The van der Waals surface area contributed by atoms with Crippen LogP contribution in [0, 0.1) is 4.77 Å². The monoisotopic (exact) mass is 370 g/mol. The zero-order chi connectivity index (χ0) is 18.7. The summed E-state index contributed by atoms with van der Waals surface area (Å²) in [5.74, 6) is -0.122. The Kier molecular flexibility index (Phi) is 5.37. The number of aliphatic imine (C=N–C) groups is 1. The van der Waals surface area contributed by atoms with Crippen LogP contribution in [0.25, 0.3) is 10.9 Å². The third-order valence-corrected chi connectivity index (χ3v) is 4.91. The highest BCUT2D eigenvalue weighted by atomic mass is 32.1. The maximum absolute atomic E-state index is 12.5. The zero-order valence-corrected chi connectivity index (χ0v) is 15.7. The van der Waals surface area contributed by atoms with Gasteiger partial charge in [-0.25, -0.2) is 0 Å². The number of hydrogen-bond acceptors (Lipinski definition) is 4. The minimum Gasteiger partial charge on any atom is -0.494 e. The van der Waals surface area contributed by atoms with E-state index >= 15 is 0 Å². The first-order chi connectivity index (χ1) is 12.6. The fourth-order valence-corrected chi connectivity index (χ4v) is 3.49. The van der Waals surface area contributed by atoms with Crippen LogP contribution in [0.1, 0.15) is 25.0 Å². The van der Waals surface area contributed by atoms with Gasteiger partial charge in [-0.15, -0.1) is 0 Å². The van der Waals surface area contributed by atoms with Crippen LogP contribution in [0.3, 0.4) is 0 Å². The summed E-state index contributed by atoms with van der Waals surface area (Å²) in [4.78, 5) is 20.1. The Labute approximate surface area is 156 Å². The molecule has 0 aliphatic carbocycles. The lowest BCUT2D eigenvalue weighted by Crippen LogP contribution is -2.28. The van der Waals surface area contributed by atoms with E-state index in [1.54, 1.807) is 4.57 Å². The summed E-state index contributed by atoms with van der Waals surface area (Å²) in [5, 5.41) is 11.6. The second-order valence-corrected chi connectivity index (χ2v) is 6.32. The van der Waals surface area contributed by atoms with Crippen molar-refractivity contribution in [1.82, 2.24) is 14.1 Å². The number of nitrogens with one attached hydrogen (secondary N) is 1. The van der Waals surface area contributed by atoms with E-state index in [0.29, 0.717) is 24.4 Å². The SMILES string of the molecule is CCn1c(O)c(C=NCCc2c[nH]c3ccccc23)c(=O)n(CC)c1=S. The number of aromatic hydroxyl groups is 1. The van der Waals surface area contributed by atoms with Gasteiger partial charge in [0.15, 0.2) is 4.77 Å². The van der Waals surface area contributed by atoms with Crippen LogP contribution in [0.4, 0.5) is 0 Å². The largest absolute Gasteiger partial charge is 0.494 e. The average Bonchev–Trinajstić information content (AvgIpc) is 3.05. The molecule has 0 saturated carbocycles. The lowest BCUT2D eigenvalue weighted by Gasteiger charge is -2.13. The van der Waals surface area contributed by atoms with Crippen molar-refractivity contribution in [2.75, 3.05) is 6.54 Å². The van der Waals surface area contributed by atoms with Crippen LogP contribution in [-0.4, -0.2) is 32.0 Å². The summed E-state index contributed by atoms with van der Waals surface area (Å²) in [6.45, 7) is 5.19. The molecule has 0 atom stereocenters. The molecule has 0 aliphatic rings. The molecule has 2 N–H and O–H groups in total. The predicted molar refractivity (Wildman–Crippen MR) is 107 cm³/mol. The first-order valence-corrected chi connectivity index (χ1v) is 9.10. The maximum Gasteiger partial charge on any atom is 0.267 e. The van der Waals surface area contributed by atoms with Crippen molar-refractivity contribution >= 4 is 29.3 Å². The zero-order valence-electron chi connectivity index (χ0n) is 14.9. The van der Waals surface area contributed by atoms with Gasteiger partial charge < -0.3 is 10.1 Å². The lowest BCUT2D eigenvalue weighted by molar-refractivity contribution is 0.399. The number of aromatic amines is 1. The van der Waals surface area contributed by atoms with Gasteiger partial charge in [-0.3, -0.25) is 18.9 Å². The molecule has 0 amide bonds. The Hall–Kier alpha value is -2.67. The summed E-state index contributed by atoms with van der Waals surface area (Å²) >= 11 is 5.28. The summed E-state index contributed by atoms with van der Waals surface area (Å²) in [5.41, 5.74) is 2.15. The summed E-state index contributed by atoms with van der Waals surface area (Å²) in [7, 11) is 0. The third-order valence-electron chi connectivity index (χ3n) is 4.47. The van der Waals surface area contributed by atoms with Gasteiger partial charge in [0.25, 0.3) is 5.56 Å². The summed E-state index contributed by atoms with van der Waals surface area (Å²) in [6.07, 6.45) is 4.19. The second kappa shape index (κ2) is 7.70. The molecule has 0 bridgehead atoms. The minimum absolute atomic E-state index is 0.122. The van der Waals surface area contributed by atoms with Crippen molar-refractivity contribution in [3.8, 4) is 5.88 Å². The molecule has 2 aromatic heterocycles. The number of benzene rings is 1. The molecule has 6 nitrogen and oxygen atoms in total. The molecular weight excluding hydrogens is 348 g/mol. The van der Waals surface area contributed by atoms with Crippen LogP contribution >= 0.6 is 12.2 Å². The topological polar surface area (TPSA) is 75.3 Å². The number of H-pyrrole nitrogens is 1. The normalized spacial score (nSPS) is 11.6. The van der Waals surface area contributed by atoms with E-state index in [4.69, 9.17) is 12.2 Å². The molecular formula is C19H22N4O2S. The molecule has 3 aromatic rings. The van der Waals surface area contributed by atoms with Gasteiger partial charge in [-0.05, 0) is 44.1 Å². The predicted octanol–water partition coefficient (Wildman–Crippen LogP) is 3.27. The van der Waals surface area contributed by atoms with E-state index in [-0.39, 0.29) is 17.0 Å². The maximum atomic E-state index is 12.5. The molecule has 136 valence electrons. The highest BCUT2D eigenvalue weighted by Crippen LogP contribution is 2.18. The molecule has 2 heterocycles. The molecule has 1 aromatic carbocycles. The minimum atomic E-state index is -0.310. The Morgan fingerprint density at radius 2 is 1.96 bits per heavy atom. The molecule has 26 heavy (non-hydrogen) atoms. The molecule has 0 radical (unpaired) electrons. The van der Waals surface area contributed by atoms with Crippen molar-refractivity contribution in [3.63, 3.8) is 0 Å². The molecule has 0 saturated heterocycles. The van der Waals surface area contributed by atoms with Crippen molar-refractivity contribution < 1.29 is 5.11 Å². The van der Waals surface area contributed by atoms with E-state index in [2.05, 4.69) is 16.0 Å². The van der Waals surface area contributed by atoms with Crippen LogP contribution in [0.5, 0.6) is 5.88 Å². The van der Waals surface area contributed by atoms with Crippen LogP contribution in [0.2, 0.25) is 0 Å². The fourth-order valence-electron chi connectivity index (χ4n) is 3.07. The van der Waals surface area contributed by atoms with Gasteiger partial charge in [0.2, 0.25) is 5.88 Å². The third kappa shape index (κ3) is 3.22. The van der Waals surface area contributed by atoms with E-state index in [1.807, 2.05) is 38.2 Å². The number of rotatable bonds is 6. The molecule has 0 spiro atoms. The van der Waals surface area contributed by atoms with Crippen molar-refractivity contribution in [2.24, 2.45) is 4.99 Å². The van der Waals surface area contributed by atoms with E-state index in [0.717, 1.165) is 11.9 Å². The Morgan fingerprint density at radius 1 is 1.23 bits per heavy atom. The first-order valence-electron chi connectivity index (χ1n) is 8.69. The quantitative estimate of drug-likeness (QED) is 0.516. The summed E-state index contributed by atoms with van der Waals surface area (Å²) in [6, 6.07) is 8.11. The smallest absolute Gasteiger partial charge is 0.267 e. The Balaban J connectivity index is 1.85. The number of fused-ring (bicyclic) bond motifs is 1. The second-order valence-electron chi connectivity index (χ2n) is 5.96. The molecule has 7 heteroatoms. The van der Waals surface area contributed by atoms with Gasteiger partial charge in [0.05, 0.1) is 0 Å². The van der Waals surface area contributed by atoms with Gasteiger partial charge >= 0.3 is 0 Å². The van der Waals surface area contributed by atoms with Crippen molar-refractivity contribution in [3.05, 3.63) is 56.7 Å². The van der Waals surface area contributed by atoms with Crippen molar-refractivity contribution in [1.29, 1.82) is 0 Å². The molecule has 0 fully saturated rings. The van der Waals surface area contributed by atoms with Crippen LogP contribution < -0.4 is 5.56 Å². The van der Waals surface area contributed by atoms with E-state index in [9.17, 15) is 9.90 Å². The van der Waals surface area contributed by atoms with Gasteiger partial charge in [0.1, 0.15) is 5.56 Å². The first kappa shape index (κ1) is 18.1. The van der Waals surface area contributed by atoms with Gasteiger partial charge in [0, 0.05) is 42.9 Å². The molecule has 3 rings (SSSR count). The highest BCUT2D eigenvalue weighted by Gasteiger charge is 2.13. The van der Waals surface area contributed by atoms with Crippen LogP contribution in [0.15, 0.2) is 40.2 Å². The Morgan fingerprint density at radius 3 is 2.69 bits per heavy atom. The van der Waals surface area contributed by atoms with Gasteiger partial charge in [-0.2, -0.15) is 0 Å². The molecule has 0 aliphatic heterocycles. The van der Waals surface area contributed by atoms with E-state index < -0.39 is 0 Å². The lowest BCUT2D eigenvalue weighted by atomic mass is 10.1. The fraction of sp³-hybridized carbons (Fsp3) is 0.316. The standard InChI is InChI=1S/C19H22N4O2S/c1-3-22-17(24)15(18(25)23(4-2)19(22)26)12-20-10-9-13-11-21-16-8-6-5-7-14(13)16/h5-8,11-12,21,24H,3-4,9-10H2,1-2H3. The molecule has 0 unspecified atom stereocenters. The number of para-hydroxylation sites is 1.